The van der Waals surface area contributed by atoms with Gasteiger partial charge in [-0.2, -0.15) is 0 Å². The SMILES string of the molecule is CN(C(=O)c1ccc(Cl)cc1F)S(=O)(=O)c1ccc2c(c1)OCCO2. The Morgan fingerprint density at radius 1 is 1.12 bits per heavy atom. The normalized spacial score (nSPS) is 13.4. The molecule has 0 bridgehead atoms. The first-order valence-electron chi connectivity index (χ1n) is 7.18. The molecule has 1 aliphatic rings. The third kappa shape index (κ3) is 3.27. The van der Waals surface area contributed by atoms with Crippen molar-refractivity contribution in [3.8, 4) is 11.5 Å². The molecule has 0 saturated carbocycles. The highest BCUT2D eigenvalue weighted by Gasteiger charge is 2.29. The summed E-state index contributed by atoms with van der Waals surface area (Å²) in [5.74, 6) is -1.22. The van der Waals surface area contributed by atoms with Gasteiger partial charge in [-0.3, -0.25) is 4.79 Å². The van der Waals surface area contributed by atoms with Crippen molar-refractivity contribution in [3.05, 3.63) is 52.8 Å². The lowest BCUT2D eigenvalue weighted by Crippen LogP contribution is -2.33. The van der Waals surface area contributed by atoms with Gasteiger partial charge in [0.15, 0.2) is 11.5 Å². The van der Waals surface area contributed by atoms with Crippen molar-refractivity contribution >= 4 is 27.5 Å². The van der Waals surface area contributed by atoms with Gasteiger partial charge in [0.1, 0.15) is 19.0 Å². The van der Waals surface area contributed by atoms with Gasteiger partial charge in [0.05, 0.1) is 10.5 Å². The Balaban J connectivity index is 1.95. The fraction of sp³-hybridized carbons (Fsp3) is 0.188. The highest BCUT2D eigenvalue weighted by atomic mass is 35.5. The fourth-order valence-electron chi connectivity index (χ4n) is 2.28. The van der Waals surface area contributed by atoms with Crippen molar-refractivity contribution in [2.75, 3.05) is 20.3 Å². The molecule has 0 aromatic heterocycles. The summed E-state index contributed by atoms with van der Waals surface area (Å²) < 4.78 is 50.4. The summed E-state index contributed by atoms with van der Waals surface area (Å²) in [5, 5.41) is 0.103. The average Bonchev–Trinajstić information content (AvgIpc) is 2.60. The lowest BCUT2D eigenvalue weighted by molar-refractivity contribution is 0.0878. The summed E-state index contributed by atoms with van der Waals surface area (Å²) >= 11 is 5.65. The minimum atomic E-state index is -4.20. The molecule has 0 N–H and O–H groups in total. The third-order valence-corrected chi connectivity index (χ3v) is 5.59. The van der Waals surface area contributed by atoms with Gasteiger partial charge < -0.3 is 9.47 Å². The first kappa shape index (κ1) is 17.5. The zero-order valence-corrected chi connectivity index (χ0v) is 14.6. The fourth-order valence-corrected chi connectivity index (χ4v) is 3.57. The van der Waals surface area contributed by atoms with Crippen molar-refractivity contribution in [1.29, 1.82) is 0 Å². The maximum atomic E-state index is 13.9. The molecule has 1 aliphatic heterocycles. The molecule has 0 fully saturated rings. The van der Waals surface area contributed by atoms with E-state index < -0.39 is 27.3 Å². The number of amides is 1. The highest BCUT2D eigenvalue weighted by molar-refractivity contribution is 7.89. The van der Waals surface area contributed by atoms with E-state index in [9.17, 15) is 17.6 Å². The van der Waals surface area contributed by atoms with Crippen LogP contribution in [0.1, 0.15) is 10.4 Å². The molecule has 1 amide bonds. The molecule has 1 heterocycles. The Labute approximate surface area is 148 Å². The van der Waals surface area contributed by atoms with Gasteiger partial charge in [0.25, 0.3) is 15.9 Å². The molecule has 2 aromatic carbocycles. The molecule has 9 heteroatoms. The topological polar surface area (TPSA) is 72.9 Å². The zero-order valence-electron chi connectivity index (χ0n) is 13.0. The molecule has 0 saturated heterocycles. The molecule has 0 radical (unpaired) electrons. The van der Waals surface area contributed by atoms with E-state index in [0.29, 0.717) is 23.3 Å². The summed E-state index contributed by atoms with van der Waals surface area (Å²) in [6.45, 7) is 0.661. The second kappa shape index (κ2) is 6.53. The largest absolute Gasteiger partial charge is 0.486 e. The Kier molecular flexibility index (Phi) is 4.57. The second-order valence-electron chi connectivity index (χ2n) is 5.21. The molecule has 6 nitrogen and oxygen atoms in total. The van der Waals surface area contributed by atoms with Gasteiger partial charge in [-0.25, -0.2) is 17.1 Å². The molecule has 3 rings (SSSR count). The molecule has 2 aromatic rings. The van der Waals surface area contributed by atoms with Crippen LogP contribution in [-0.4, -0.2) is 38.9 Å². The molecular formula is C16H13ClFNO5S. The van der Waals surface area contributed by atoms with Crippen LogP contribution >= 0.6 is 11.6 Å². The molecule has 0 unspecified atom stereocenters. The van der Waals surface area contributed by atoms with Crippen LogP contribution in [0.25, 0.3) is 0 Å². The van der Waals surface area contributed by atoms with E-state index in [4.69, 9.17) is 21.1 Å². The number of sulfonamides is 1. The first-order valence-corrected chi connectivity index (χ1v) is 9.00. The second-order valence-corrected chi connectivity index (χ2v) is 7.61. The summed E-state index contributed by atoms with van der Waals surface area (Å²) in [4.78, 5) is 12.2. The number of nitrogens with zero attached hydrogens (tertiary/aromatic N) is 1. The van der Waals surface area contributed by atoms with E-state index in [1.165, 1.54) is 24.3 Å². The number of hydrogen-bond acceptors (Lipinski definition) is 5. The van der Waals surface area contributed by atoms with Gasteiger partial charge in [-0.15, -0.1) is 0 Å². The molecular weight excluding hydrogens is 373 g/mol. The number of carbonyl (C=O) groups excluding carboxylic acids is 1. The van der Waals surface area contributed by atoms with Crippen LogP contribution in [0.5, 0.6) is 11.5 Å². The van der Waals surface area contributed by atoms with Crippen LogP contribution in [-0.2, 0) is 10.0 Å². The summed E-state index contributed by atoms with van der Waals surface area (Å²) in [7, 11) is -3.14. The standard InChI is InChI=1S/C16H13ClFNO5S/c1-19(16(20)12-4-2-10(17)8-13(12)18)25(21,22)11-3-5-14-15(9-11)24-7-6-23-14/h2-5,8-9H,6-7H2,1H3. The number of benzene rings is 2. The predicted molar refractivity (Wildman–Crippen MR) is 88.1 cm³/mol. The van der Waals surface area contributed by atoms with Crippen molar-refractivity contribution in [3.63, 3.8) is 0 Å². The summed E-state index contributed by atoms with van der Waals surface area (Å²) in [6.07, 6.45) is 0. The summed E-state index contributed by atoms with van der Waals surface area (Å²) in [5.41, 5.74) is -0.395. The number of hydrogen-bond donors (Lipinski definition) is 0. The third-order valence-electron chi connectivity index (χ3n) is 3.62. The lowest BCUT2D eigenvalue weighted by Gasteiger charge is -2.21. The number of rotatable bonds is 3. The first-order chi connectivity index (χ1) is 11.8. The van der Waals surface area contributed by atoms with E-state index in [-0.39, 0.29) is 15.7 Å². The van der Waals surface area contributed by atoms with Crippen LogP contribution in [0.4, 0.5) is 4.39 Å². The lowest BCUT2D eigenvalue weighted by atomic mass is 10.2. The minimum Gasteiger partial charge on any atom is -0.486 e. The van der Waals surface area contributed by atoms with Crippen molar-refractivity contribution in [2.24, 2.45) is 0 Å². The smallest absolute Gasteiger partial charge is 0.270 e. The maximum Gasteiger partial charge on any atom is 0.270 e. The molecule has 0 atom stereocenters. The van der Waals surface area contributed by atoms with E-state index in [0.717, 1.165) is 19.2 Å². The van der Waals surface area contributed by atoms with Crippen LogP contribution in [0.3, 0.4) is 0 Å². The van der Waals surface area contributed by atoms with Crippen LogP contribution < -0.4 is 9.47 Å². The van der Waals surface area contributed by atoms with E-state index >= 15 is 0 Å². The van der Waals surface area contributed by atoms with Gasteiger partial charge in [0.2, 0.25) is 0 Å². The predicted octanol–water partition coefficient (Wildman–Crippen LogP) is 2.71. The quantitative estimate of drug-likeness (QED) is 0.812. The monoisotopic (exact) mass is 385 g/mol. The Morgan fingerprint density at radius 2 is 1.80 bits per heavy atom. The van der Waals surface area contributed by atoms with E-state index in [2.05, 4.69) is 0 Å². The van der Waals surface area contributed by atoms with Gasteiger partial charge >= 0.3 is 0 Å². The highest BCUT2D eigenvalue weighted by Crippen LogP contribution is 2.33. The van der Waals surface area contributed by atoms with Gasteiger partial charge in [0, 0.05) is 18.1 Å². The Hall–Kier alpha value is -2.32. The van der Waals surface area contributed by atoms with Crippen LogP contribution in [0.15, 0.2) is 41.3 Å². The van der Waals surface area contributed by atoms with Crippen LogP contribution in [0.2, 0.25) is 5.02 Å². The number of fused-ring (bicyclic) bond motifs is 1. The average molecular weight is 386 g/mol. The number of halogens is 2. The zero-order chi connectivity index (χ0) is 18.2. The maximum absolute atomic E-state index is 13.9. The van der Waals surface area contributed by atoms with Crippen molar-refractivity contribution in [2.45, 2.75) is 4.90 Å². The summed E-state index contributed by atoms with van der Waals surface area (Å²) in [6, 6.07) is 7.40. The van der Waals surface area contributed by atoms with Gasteiger partial charge in [-0.1, -0.05) is 11.6 Å². The molecule has 132 valence electrons. The van der Waals surface area contributed by atoms with E-state index in [1.807, 2.05) is 0 Å². The molecule has 25 heavy (non-hydrogen) atoms. The van der Waals surface area contributed by atoms with Crippen molar-refractivity contribution < 1.29 is 27.1 Å². The molecule has 0 aliphatic carbocycles. The van der Waals surface area contributed by atoms with Crippen molar-refractivity contribution in [1.82, 2.24) is 4.31 Å². The van der Waals surface area contributed by atoms with Crippen LogP contribution in [0, 0.1) is 5.82 Å². The minimum absolute atomic E-state index is 0.103. The Morgan fingerprint density at radius 3 is 2.48 bits per heavy atom. The number of ether oxygens (including phenoxy) is 2. The van der Waals surface area contributed by atoms with E-state index in [1.54, 1.807) is 0 Å². The number of carbonyl (C=O) groups is 1. The van der Waals surface area contributed by atoms with Gasteiger partial charge in [-0.05, 0) is 30.3 Å². The Bertz CT molecular complexity index is 948. The molecule has 0 spiro atoms.